The van der Waals surface area contributed by atoms with Gasteiger partial charge in [-0.25, -0.2) is 0 Å². The molecular formula is C19H21ClN2O2S. The van der Waals surface area contributed by atoms with Crippen LogP contribution in [0.25, 0.3) is 0 Å². The third-order valence-corrected chi connectivity index (χ3v) is 6.16. The molecule has 1 heterocycles. The Morgan fingerprint density at radius 1 is 1.36 bits per heavy atom. The summed E-state index contributed by atoms with van der Waals surface area (Å²) in [6, 6.07) is 6.85. The van der Waals surface area contributed by atoms with Crippen molar-refractivity contribution in [2.24, 2.45) is 11.7 Å². The van der Waals surface area contributed by atoms with Crippen LogP contribution in [0.4, 0.5) is 5.00 Å². The predicted molar refractivity (Wildman–Crippen MR) is 103 cm³/mol. The molecule has 0 fully saturated rings. The molecule has 0 saturated heterocycles. The average molecular weight is 377 g/mol. The second kappa shape index (κ2) is 7.58. The first-order valence-corrected chi connectivity index (χ1v) is 9.70. The molecule has 0 saturated carbocycles. The number of nitrogens with two attached hydrogens (primary N) is 1. The minimum Gasteiger partial charge on any atom is -0.365 e. The van der Waals surface area contributed by atoms with Crippen LogP contribution in [0, 0.1) is 5.92 Å². The van der Waals surface area contributed by atoms with Gasteiger partial charge >= 0.3 is 0 Å². The van der Waals surface area contributed by atoms with E-state index in [-0.39, 0.29) is 5.91 Å². The van der Waals surface area contributed by atoms with Gasteiger partial charge in [0.05, 0.1) is 16.1 Å². The van der Waals surface area contributed by atoms with Crippen molar-refractivity contribution in [1.29, 1.82) is 0 Å². The highest BCUT2D eigenvalue weighted by molar-refractivity contribution is 7.17. The van der Waals surface area contributed by atoms with Crippen LogP contribution in [0.2, 0.25) is 5.02 Å². The van der Waals surface area contributed by atoms with Gasteiger partial charge in [0.25, 0.3) is 11.8 Å². The second-order valence-corrected chi connectivity index (χ2v) is 7.92. The smallest absolute Gasteiger partial charge is 0.257 e. The molecule has 1 aromatic heterocycles. The summed E-state index contributed by atoms with van der Waals surface area (Å²) >= 11 is 7.57. The van der Waals surface area contributed by atoms with Crippen molar-refractivity contribution in [2.75, 3.05) is 5.32 Å². The summed E-state index contributed by atoms with van der Waals surface area (Å²) < 4.78 is 0. The molecule has 0 radical (unpaired) electrons. The van der Waals surface area contributed by atoms with Crippen molar-refractivity contribution in [2.45, 2.75) is 39.0 Å². The van der Waals surface area contributed by atoms with Gasteiger partial charge in [0.1, 0.15) is 5.00 Å². The molecule has 0 spiro atoms. The monoisotopic (exact) mass is 376 g/mol. The molecule has 132 valence electrons. The van der Waals surface area contributed by atoms with Crippen molar-refractivity contribution >= 4 is 39.8 Å². The molecule has 6 heteroatoms. The SMILES string of the molecule is CCC[C@@H]1CCc2c(sc(NC(=O)c3ccccc3Cl)c2C(N)=O)C1. The van der Waals surface area contributed by atoms with E-state index in [4.69, 9.17) is 17.3 Å². The molecule has 3 N–H and O–H groups in total. The third kappa shape index (κ3) is 3.72. The maximum absolute atomic E-state index is 12.5. The number of hydrogen-bond donors (Lipinski definition) is 2. The lowest BCUT2D eigenvalue weighted by atomic mass is 9.84. The van der Waals surface area contributed by atoms with E-state index in [2.05, 4.69) is 12.2 Å². The van der Waals surface area contributed by atoms with Crippen LogP contribution < -0.4 is 11.1 Å². The number of thiophene rings is 1. The summed E-state index contributed by atoms with van der Waals surface area (Å²) in [5.41, 5.74) is 7.48. The van der Waals surface area contributed by atoms with Crippen LogP contribution in [0.5, 0.6) is 0 Å². The van der Waals surface area contributed by atoms with Gasteiger partial charge in [-0.05, 0) is 42.9 Å². The van der Waals surface area contributed by atoms with Crippen molar-refractivity contribution in [3.63, 3.8) is 0 Å². The largest absolute Gasteiger partial charge is 0.365 e. The van der Waals surface area contributed by atoms with Gasteiger partial charge in [0.2, 0.25) is 0 Å². The van der Waals surface area contributed by atoms with E-state index in [0.29, 0.717) is 27.1 Å². The van der Waals surface area contributed by atoms with Gasteiger partial charge in [0, 0.05) is 4.88 Å². The summed E-state index contributed by atoms with van der Waals surface area (Å²) in [5, 5.41) is 3.77. The van der Waals surface area contributed by atoms with Crippen molar-refractivity contribution in [3.8, 4) is 0 Å². The normalized spacial score (nSPS) is 16.3. The molecule has 0 aliphatic heterocycles. The number of carbonyl (C=O) groups excluding carboxylic acids is 2. The highest BCUT2D eigenvalue weighted by Crippen LogP contribution is 2.40. The first-order valence-electron chi connectivity index (χ1n) is 8.51. The molecular weight excluding hydrogens is 356 g/mol. The number of rotatable bonds is 5. The van der Waals surface area contributed by atoms with E-state index in [1.165, 1.54) is 22.6 Å². The predicted octanol–water partition coefficient (Wildman–Crippen LogP) is 4.66. The summed E-state index contributed by atoms with van der Waals surface area (Å²) in [7, 11) is 0. The Balaban J connectivity index is 1.90. The molecule has 3 rings (SSSR count). The van der Waals surface area contributed by atoms with Crippen LogP contribution in [-0.4, -0.2) is 11.8 Å². The highest BCUT2D eigenvalue weighted by atomic mass is 35.5. The van der Waals surface area contributed by atoms with Crippen LogP contribution in [0.3, 0.4) is 0 Å². The standard InChI is InChI=1S/C19H21ClN2O2S/c1-2-5-11-8-9-13-15(10-11)25-19(16(13)17(21)23)22-18(24)12-6-3-4-7-14(12)20/h3-4,6-7,11H,2,5,8-10H2,1H3,(H2,21,23)(H,22,24)/t11-/m1/s1. The van der Waals surface area contributed by atoms with E-state index < -0.39 is 5.91 Å². The number of carbonyl (C=O) groups is 2. The Morgan fingerprint density at radius 3 is 2.80 bits per heavy atom. The number of primary amides is 1. The maximum Gasteiger partial charge on any atom is 0.257 e. The zero-order chi connectivity index (χ0) is 18.0. The molecule has 1 aliphatic rings. The van der Waals surface area contributed by atoms with Crippen molar-refractivity contribution in [1.82, 2.24) is 0 Å². The molecule has 4 nitrogen and oxygen atoms in total. The Morgan fingerprint density at radius 2 is 2.12 bits per heavy atom. The molecule has 1 aromatic carbocycles. The first kappa shape index (κ1) is 18.0. The number of halogens is 1. The lowest BCUT2D eigenvalue weighted by molar-refractivity contribution is 0.1000. The maximum atomic E-state index is 12.5. The van der Waals surface area contributed by atoms with Gasteiger partial charge in [-0.15, -0.1) is 11.3 Å². The zero-order valence-electron chi connectivity index (χ0n) is 14.1. The van der Waals surface area contributed by atoms with Crippen LogP contribution in [0.1, 0.15) is 57.3 Å². The van der Waals surface area contributed by atoms with E-state index in [1.807, 2.05) is 0 Å². The summed E-state index contributed by atoms with van der Waals surface area (Å²) in [6.07, 6.45) is 5.21. The average Bonchev–Trinajstić information content (AvgIpc) is 2.92. The summed E-state index contributed by atoms with van der Waals surface area (Å²) in [4.78, 5) is 25.7. The van der Waals surface area contributed by atoms with E-state index >= 15 is 0 Å². The third-order valence-electron chi connectivity index (χ3n) is 4.66. The molecule has 1 atom stereocenters. The first-order chi connectivity index (χ1) is 12.0. The summed E-state index contributed by atoms with van der Waals surface area (Å²) in [6.45, 7) is 2.19. The molecule has 2 amide bonds. The van der Waals surface area contributed by atoms with Crippen LogP contribution in [0.15, 0.2) is 24.3 Å². The Kier molecular flexibility index (Phi) is 5.45. The minimum absolute atomic E-state index is 0.322. The van der Waals surface area contributed by atoms with Crippen LogP contribution in [-0.2, 0) is 12.8 Å². The molecule has 0 unspecified atom stereocenters. The quantitative estimate of drug-likeness (QED) is 0.796. The second-order valence-electron chi connectivity index (χ2n) is 6.40. The molecule has 0 bridgehead atoms. The van der Waals surface area contributed by atoms with E-state index in [1.54, 1.807) is 24.3 Å². The lowest BCUT2D eigenvalue weighted by Gasteiger charge is -2.21. The van der Waals surface area contributed by atoms with E-state index in [0.717, 1.165) is 31.2 Å². The van der Waals surface area contributed by atoms with Crippen molar-refractivity contribution < 1.29 is 9.59 Å². The number of fused-ring (bicyclic) bond motifs is 1. The Bertz CT molecular complexity index is 816. The Labute approximate surface area is 156 Å². The molecule has 2 aromatic rings. The fourth-order valence-electron chi connectivity index (χ4n) is 3.47. The van der Waals surface area contributed by atoms with Gasteiger partial charge in [-0.2, -0.15) is 0 Å². The minimum atomic E-state index is -0.485. The number of nitrogens with one attached hydrogen (secondary N) is 1. The van der Waals surface area contributed by atoms with E-state index in [9.17, 15) is 9.59 Å². The lowest BCUT2D eigenvalue weighted by Crippen LogP contribution is -2.20. The fraction of sp³-hybridized carbons (Fsp3) is 0.368. The number of hydrogen-bond acceptors (Lipinski definition) is 3. The van der Waals surface area contributed by atoms with Gasteiger partial charge in [0.15, 0.2) is 0 Å². The van der Waals surface area contributed by atoms with Crippen molar-refractivity contribution in [3.05, 3.63) is 50.9 Å². The van der Waals surface area contributed by atoms with Gasteiger partial charge in [-0.3, -0.25) is 9.59 Å². The van der Waals surface area contributed by atoms with Crippen LogP contribution >= 0.6 is 22.9 Å². The fourth-order valence-corrected chi connectivity index (χ4v) is 5.06. The van der Waals surface area contributed by atoms with Gasteiger partial charge < -0.3 is 11.1 Å². The number of anilines is 1. The van der Waals surface area contributed by atoms with Gasteiger partial charge in [-0.1, -0.05) is 43.5 Å². The number of amides is 2. The topological polar surface area (TPSA) is 72.2 Å². The number of benzene rings is 1. The molecule has 1 aliphatic carbocycles. The highest BCUT2D eigenvalue weighted by Gasteiger charge is 2.28. The zero-order valence-corrected chi connectivity index (χ0v) is 15.7. The molecule has 25 heavy (non-hydrogen) atoms. The Hall–Kier alpha value is -1.85. The summed E-state index contributed by atoms with van der Waals surface area (Å²) in [5.74, 6) is -0.165.